The van der Waals surface area contributed by atoms with E-state index in [-0.39, 0.29) is 35.6 Å². The molecule has 0 amide bonds. The van der Waals surface area contributed by atoms with Gasteiger partial charge in [-0.05, 0) is 0 Å². The molecule has 0 aliphatic heterocycles. The van der Waals surface area contributed by atoms with Crippen molar-refractivity contribution in [2.45, 2.75) is 131 Å². The molecule has 274 valence electrons. The summed E-state index contributed by atoms with van der Waals surface area (Å²) in [4.78, 5) is 0. The molecule has 0 radical (unpaired) electrons. The normalized spacial score (nSPS) is 13.1. The molecule has 0 N–H and O–H groups in total. The summed E-state index contributed by atoms with van der Waals surface area (Å²) in [7, 11) is 0. The van der Waals surface area contributed by atoms with E-state index in [0.717, 1.165) is 12.8 Å². The first-order valence-corrected chi connectivity index (χ1v) is 23.1. The van der Waals surface area contributed by atoms with Gasteiger partial charge in [0.2, 0.25) is 0 Å². The minimum absolute atomic E-state index is 0. The summed E-state index contributed by atoms with van der Waals surface area (Å²) in [5.74, 6) is 0. The molecule has 4 aromatic rings. The van der Waals surface area contributed by atoms with Crippen molar-refractivity contribution in [3.05, 3.63) is 122 Å². The SMILES string of the molecule is CCCC[C](CCCC)=[Zr+2]([C]1=CC=CC1)[c]1c2c(cc(C(C)(C)C)c1-c1ccc(C)cc1)-c1cc(C(C)(C)C)c(-c3ccc(C)cc3)cc1C2.[Cl-].[Cl-]. The Bertz CT molecular complexity index is 1960. The Hall–Kier alpha value is -2.31. The van der Waals surface area contributed by atoms with E-state index < -0.39 is 21.3 Å². The summed E-state index contributed by atoms with van der Waals surface area (Å²) < 4.78 is 5.52. The number of unbranched alkanes of at least 4 members (excludes halogenated alkanes) is 2. The largest absolute Gasteiger partial charge is 1.00 e. The monoisotopic (exact) mass is 808 g/mol. The van der Waals surface area contributed by atoms with Gasteiger partial charge in [-0.1, -0.05) is 0 Å². The van der Waals surface area contributed by atoms with E-state index in [0.29, 0.717) is 0 Å². The van der Waals surface area contributed by atoms with Gasteiger partial charge in [-0.3, -0.25) is 0 Å². The topological polar surface area (TPSA) is 0 Å². The molecular weight excluding hydrogens is 751 g/mol. The average Bonchev–Trinajstić information content (AvgIpc) is 3.73. The fourth-order valence-corrected chi connectivity index (χ4v) is 17.1. The zero-order valence-electron chi connectivity index (χ0n) is 33.5. The summed E-state index contributed by atoms with van der Waals surface area (Å²) in [6, 6.07) is 26.6. The van der Waals surface area contributed by atoms with Crippen molar-refractivity contribution in [1.29, 1.82) is 0 Å². The standard InChI is InChI=1S/C35H37.C9H18.C5H5.2ClH.Zr/c1-22-9-13-24(14-10-22)30-18-26-17-27-19-31(25-15-11-23(2)12-16-25)33(35(6,7)8)21-29(27)28(26)20-32(30)34(3,4)5;1-3-5-7-9-8-6-4-2;1-2-4-5-3-1;;;/h9-16,18,20-21H,17H2,1-8H3;3-8H2,1-2H3;1-3H,4H2;2*1H;/q;;;;;+2/p-2. The van der Waals surface area contributed by atoms with E-state index in [2.05, 4.69) is 154 Å². The van der Waals surface area contributed by atoms with Crippen LogP contribution in [0.25, 0.3) is 33.4 Å². The first-order valence-electron chi connectivity index (χ1n) is 19.4. The van der Waals surface area contributed by atoms with Crippen LogP contribution in [0.4, 0.5) is 0 Å². The molecule has 0 spiro atoms. The predicted molar refractivity (Wildman–Crippen MR) is 218 cm³/mol. The van der Waals surface area contributed by atoms with Gasteiger partial charge in [0.1, 0.15) is 0 Å². The molecule has 4 aromatic carbocycles. The second-order valence-corrected chi connectivity index (χ2v) is 23.6. The van der Waals surface area contributed by atoms with Crippen molar-refractivity contribution in [2.24, 2.45) is 0 Å². The van der Waals surface area contributed by atoms with Crippen LogP contribution in [0.15, 0.2) is 88.2 Å². The van der Waals surface area contributed by atoms with Crippen LogP contribution in [0.3, 0.4) is 0 Å². The molecule has 0 nitrogen and oxygen atoms in total. The van der Waals surface area contributed by atoms with Gasteiger partial charge in [0, 0.05) is 0 Å². The third-order valence-electron chi connectivity index (χ3n) is 11.0. The van der Waals surface area contributed by atoms with Crippen LogP contribution in [0, 0.1) is 13.8 Å². The van der Waals surface area contributed by atoms with Gasteiger partial charge in [-0.2, -0.15) is 0 Å². The van der Waals surface area contributed by atoms with Gasteiger partial charge < -0.3 is 24.8 Å². The predicted octanol–water partition coefficient (Wildman–Crippen LogP) is 7.45. The minimum Gasteiger partial charge on any atom is -1.00 e. The van der Waals surface area contributed by atoms with Gasteiger partial charge >= 0.3 is 314 Å². The number of halogens is 2. The Morgan fingerprint density at radius 1 is 0.654 bits per heavy atom. The third kappa shape index (κ3) is 8.80. The molecule has 2 aliphatic rings. The first kappa shape index (κ1) is 42.4. The average molecular weight is 811 g/mol. The smallest absolute Gasteiger partial charge is 1.00 e. The van der Waals surface area contributed by atoms with Crippen LogP contribution in [0.1, 0.15) is 134 Å². The van der Waals surface area contributed by atoms with Gasteiger partial charge in [0.05, 0.1) is 0 Å². The van der Waals surface area contributed by atoms with Crippen molar-refractivity contribution in [1.82, 2.24) is 0 Å². The van der Waals surface area contributed by atoms with E-state index in [1.807, 2.05) is 3.21 Å². The Balaban J connectivity index is 0.00000302. The summed E-state index contributed by atoms with van der Waals surface area (Å²) in [6.07, 6.45) is 17.2. The summed E-state index contributed by atoms with van der Waals surface area (Å²) >= 11 is -2.58. The number of benzene rings is 4. The van der Waals surface area contributed by atoms with Crippen molar-refractivity contribution in [2.75, 3.05) is 0 Å². The van der Waals surface area contributed by atoms with Gasteiger partial charge in [-0.15, -0.1) is 0 Å². The van der Waals surface area contributed by atoms with Crippen LogP contribution in [-0.2, 0) is 38.5 Å². The molecule has 0 unspecified atom stereocenters. The molecule has 0 bridgehead atoms. The van der Waals surface area contributed by atoms with Crippen LogP contribution in [0.5, 0.6) is 0 Å². The molecule has 2 aliphatic carbocycles. The molecule has 0 fully saturated rings. The molecule has 0 heterocycles. The Labute approximate surface area is 336 Å². The summed E-state index contributed by atoms with van der Waals surface area (Å²) in [6.45, 7) is 23.7. The van der Waals surface area contributed by atoms with Crippen LogP contribution in [-0.4, -0.2) is 3.21 Å². The maximum absolute atomic E-state index is 2.65. The minimum atomic E-state index is -2.58. The molecule has 0 aromatic heterocycles. The van der Waals surface area contributed by atoms with Crippen LogP contribution in [0.2, 0.25) is 0 Å². The van der Waals surface area contributed by atoms with E-state index in [1.165, 1.54) is 94.2 Å². The third-order valence-corrected chi connectivity index (χ3v) is 19.1. The maximum atomic E-state index is 2.65. The van der Waals surface area contributed by atoms with E-state index in [9.17, 15) is 0 Å². The summed E-state index contributed by atoms with van der Waals surface area (Å²) in [5, 5.41) is 0. The summed E-state index contributed by atoms with van der Waals surface area (Å²) in [5.41, 5.74) is 17.5. The van der Waals surface area contributed by atoms with Crippen molar-refractivity contribution < 1.29 is 46.1 Å². The fourth-order valence-electron chi connectivity index (χ4n) is 8.21. The molecule has 0 atom stereocenters. The number of fused-ring (bicyclic) bond motifs is 3. The number of allylic oxidation sites excluding steroid dienone is 4. The zero-order chi connectivity index (χ0) is 35.8. The molecule has 6 rings (SSSR count). The molecule has 0 saturated heterocycles. The Morgan fingerprint density at radius 3 is 1.69 bits per heavy atom. The van der Waals surface area contributed by atoms with E-state index in [1.54, 1.807) is 17.7 Å². The number of hydrogen-bond acceptors (Lipinski definition) is 0. The molecule has 3 heteroatoms. The van der Waals surface area contributed by atoms with E-state index >= 15 is 0 Å². The van der Waals surface area contributed by atoms with Crippen molar-refractivity contribution in [3.63, 3.8) is 0 Å². The molecular formula is C49H60Cl2Zr. The van der Waals surface area contributed by atoms with Gasteiger partial charge in [-0.25, -0.2) is 0 Å². The fraction of sp³-hybridized carbons (Fsp3) is 0.408. The molecule has 52 heavy (non-hydrogen) atoms. The number of hydrogen-bond donors (Lipinski definition) is 0. The Kier molecular flexibility index (Phi) is 14.2. The van der Waals surface area contributed by atoms with Gasteiger partial charge in [0.15, 0.2) is 0 Å². The second-order valence-electron chi connectivity index (χ2n) is 17.2. The van der Waals surface area contributed by atoms with Crippen molar-refractivity contribution in [3.8, 4) is 33.4 Å². The number of rotatable bonds is 10. The van der Waals surface area contributed by atoms with Crippen LogP contribution < -0.4 is 28.1 Å². The van der Waals surface area contributed by atoms with Crippen molar-refractivity contribution >= 4 is 6.48 Å². The second kappa shape index (κ2) is 17.4. The first-order chi connectivity index (χ1) is 23.8. The number of aryl methyl sites for hydroxylation is 2. The van der Waals surface area contributed by atoms with E-state index in [4.69, 9.17) is 0 Å². The Morgan fingerprint density at radius 2 is 1.19 bits per heavy atom. The zero-order valence-corrected chi connectivity index (χ0v) is 37.5. The van der Waals surface area contributed by atoms with Gasteiger partial charge in [0.25, 0.3) is 0 Å². The molecule has 0 saturated carbocycles. The van der Waals surface area contributed by atoms with Crippen LogP contribution >= 0.6 is 0 Å². The maximum Gasteiger partial charge on any atom is -1.00 e. The quantitative estimate of drug-likeness (QED) is 0.138.